The molecule has 0 bridgehead atoms. The van der Waals surface area contributed by atoms with Gasteiger partial charge >= 0.3 is 6.18 Å². The molecule has 0 N–H and O–H groups in total. The van der Waals surface area contributed by atoms with Crippen LogP contribution in [0.15, 0.2) is 41.9 Å². The standard InChI is InChI=1S/C15H12F3N3S/c1-2-14-13(6-7-22-14)21-9-12(19-20-21)10-4-3-5-11(8-10)15(16,17)18/h3-9H,2H2,1H3. The topological polar surface area (TPSA) is 30.7 Å². The second-order valence-electron chi connectivity index (χ2n) is 4.71. The molecule has 0 unspecified atom stereocenters. The molecule has 0 fully saturated rings. The summed E-state index contributed by atoms with van der Waals surface area (Å²) >= 11 is 1.62. The van der Waals surface area contributed by atoms with Gasteiger partial charge in [0.2, 0.25) is 0 Å². The molecular formula is C15H12F3N3S. The number of halogens is 3. The van der Waals surface area contributed by atoms with Crippen molar-refractivity contribution in [3.05, 3.63) is 52.3 Å². The number of nitrogens with zero attached hydrogens (tertiary/aromatic N) is 3. The highest BCUT2D eigenvalue weighted by atomic mass is 32.1. The maximum atomic E-state index is 12.8. The third-order valence-corrected chi connectivity index (χ3v) is 4.32. The zero-order valence-corrected chi connectivity index (χ0v) is 12.4. The van der Waals surface area contributed by atoms with Crippen LogP contribution in [-0.2, 0) is 12.6 Å². The van der Waals surface area contributed by atoms with Gasteiger partial charge in [-0.25, -0.2) is 4.68 Å². The van der Waals surface area contributed by atoms with E-state index in [2.05, 4.69) is 10.3 Å². The van der Waals surface area contributed by atoms with E-state index in [1.54, 1.807) is 28.3 Å². The molecule has 3 nitrogen and oxygen atoms in total. The average Bonchev–Trinajstić information content (AvgIpc) is 3.15. The van der Waals surface area contributed by atoms with Crippen molar-refractivity contribution in [1.29, 1.82) is 0 Å². The molecule has 3 rings (SSSR count). The van der Waals surface area contributed by atoms with Gasteiger partial charge in [0.25, 0.3) is 0 Å². The summed E-state index contributed by atoms with van der Waals surface area (Å²) in [6.07, 6.45) is -1.85. The summed E-state index contributed by atoms with van der Waals surface area (Å²) in [6, 6.07) is 7.02. The summed E-state index contributed by atoms with van der Waals surface area (Å²) in [5.74, 6) is 0. The molecule has 0 spiro atoms. The van der Waals surface area contributed by atoms with Crippen LogP contribution in [0.25, 0.3) is 16.9 Å². The van der Waals surface area contributed by atoms with E-state index in [4.69, 9.17) is 0 Å². The number of hydrogen-bond acceptors (Lipinski definition) is 3. The summed E-state index contributed by atoms with van der Waals surface area (Å²) in [5, 5.41) is 9.98. The number of aromatic nitrogens is 3. The molecule has 7 heteroatoms. The van der Waals surface area contributed by atoms with Gasteiger partial charge in [-0.2, -0.15) is 13.2 Å². The van der Waals surface area contributed by atoms with Crippen LogP contribution in [0.1, 0.15) is 17.4 Å². The molecule has 0 amide bonds. The third kappa shape index (κ3) is 2.76. The van der Waals surface area contributed by atoms with Gasteiger partial charge in [-0.1, -0.05) is 24.3 Å². The highest BCUT2D eigenvalue weighted by Gasteiger charge is 2.30. The quantitative estimate of drug-likeness (QED) is 0.706. The van der Waals surface area contributed by atoms with Gasteiger partial charge < -0.3 is 0 Å². The van der Waals surface area contributed by atoms with Gasteiger partial charge in [-0.05, 0) is 30.0 Å². The van der Waals surface area contributed by atoms with Crippen LogP contribution in [0.4, 0.5) is 13.2 Å². The van der Waals surface area contributed by atoms with Gasteiger partial charge in [0.15, 0.2) is 0 Å². The molecule has 0 saturated heterocycles. The van der Waals surface area contributed by atoms with Crippen LogP contribution in [-0.4, -0.2) is 15.0 Å². The molecular weight excluding hydrogens is 311 g/mol. The number of rotatable bonds is 3. The van der Waals surface area contributed by atoms with Crippen LogP contribution < -0.4 is 0 Å². The Morgan fingerprint density at radius 1 is 1.23 bits per heavy atom. The van der Waals surface area contributed by atoms with Gasteiger partial charge in [0, 0.05) is 10.4 Å². The van der Waals surface area contributed by atoms with Crippen molar-refractivity contribution in [3.8, 4) is 16.9 Å². The average molecular weight is 323 g/mol. The van der Waals surface area contributed by atoms with Gasteiger partial charge in [-0.15, -0.1) is 16.4 Å². The molecule has 2 heterocycles. The van der Waals surface area contributed by atoms with Crippen LogP contribution in [0.2, 0.25) is 0 Å². The van der Waals surface area contributed by atoms with Crippen molar-refractivity contribution in [2.24, 2.45) is 0 Å². The summed E-state index contributed by atoms with van der Waals surface area (Å²) < 4.78 is 39.9. The largest absolute Gasteiger partial charge is 0.416 e. The van der Waals surface area contributed by atoms with E-state index >= 15 is 0 Å². The highest BCUT2D eigenvalue weighted by molar-refractivity contribution is 7.10. The molecule has 2 aromatic heterocycles. The Kier molecular flexibility index (Phi) is 3.74. The Balaban J connectivity index is 1.98. The minimum absolute atomic E-state index is 0.398. The molecule has 0 aliphatic carbocycles. The fraction of sp³-hybridized carbons (Fsp3) is 0.200. The van der Waals surface area contributed by atoms with Gasteiger partial charge in [0.05, 0.1) is 17.4 Å². The van der Waals surface area contributed by atoms with Crippen LogP contribution in [0, 0.1) is 0 Å². The monoisotopic (exact) mass is 323 g/mol. The fourth-order valence-electron chi connectivity index (χ4n) is 2.17. The van der Waals surface area contributed by atoms with E-state index in [1.165, 1.54) is 6.07 Å². The highest BCUT2D eigenvalue weighted by Crippen LogP contribution is 2.32. The first-order chi connectivity index (χ1) is 10.5. The minimum Gasteiger partial charge on any atom is -0.219 e. The summed E-state index contributed by atoms with van der Waals surface area (Å²) in [4.78, 5) is 1.15. The fourth-order valence-corrected chi connectivity index (χ4v) is 2.98. The van der Waals surface area contributed by atoms with Crippen molar-refractivity contribution < 1.29 is 13.2 Å². The lowest BCUT2D eigenvalue weighted by Crippen LogP contribution is -2.04. The summed E-state index contributed by atoms with van der Waals surface area (Å²) in [7, 11) is 0. The van der Waals surface area contributed by atoms with Crippen molar-refractivity contribution in [2.75, 3.05) is 0 Å². The zero-order valence-electron chi connectivity index (χ0n) is 11.6. The predicted molar refractivity (Wildman–Crippen MR) is 79.1 cm³/mol. The van der Waals surface area contributed by atoms with E-state index in [1.807, 2.05) is 18.4 Å². The van der Waals surface area contributed by atoms with E-state index in [0.29, 0.717) is 11.3 Å². The van der Waals surface area contributed by atoms with Crippen molar-refractivity contribution in [3.63, 3.8) is 0 Å². The molecule has 114 valence electrons. The van der Waals surface area contributed by atoms with E-state index < -0.39 is 11.7 Å². The number of benzene rings is 1. The van der Waals surface area contributed by atoms with Gasteiger partial charge in [-0.3, -0.25) is 0 Å². The number of hydrogen-bond donors (Lipinski definition) is 0. The van der Waals surface area contributed by atoms with E-state index in [-0.39, 0.29) is 0 Å². The zero-order chi connectivity index (χ0) is 15.7. The first kappa shape index (κ1) is 14.8. The Hall–Kier alpha value is -2.15. The Bertz CT molecular complexity index is 789. The molecule has 22 heavy (non-hydrogen) atoms. The lowest BCUT2D eigenvalue weighted by atomic mass is 10.1. The first-order valence-corrected chi connectivity index (χ1v) is 7.53. The second-order valence-corrected chi connectivity index (χ2v) is 5.71. The number of aryl methyl sites for hydroxylation is 1. The predicted octanol–water partition coefficient (Wildman–Crippen LogP) is 4.58. The number of thiophene rings is 1. The second kappa shape index (κ2) is 5.57. The van der Waals surface area contributed by atoms with Crippen LogP contribution in [0.3, 0.4) is 0 Å². The summed E-state index contributed by atoms with van der Waals surface area (Å²) in [5.41, 5.74) is 1.04. The lowest BCUT2D eigenvalue weighted by molar-refractivity contribution is -0.137. The van der Waals surface area contributed by atoms with Crippen molar-refractivity contribution in [2.45, 2.75) is 19.5 Å². The normalized spacial score (nSPS) is 11.8. The first-order valence-electron chi connectivity index (χ1n) is 6.65. The maximum absolute atomic E-state index is 12.8. The van der Waals surface area contributed by atoms with E-state index in [9.17, 15) is 13.2 Å². The molecule has 0 radical (unpaired) electrons. The molecule has 3 aromatic rings. The van der Waals surface area contributed by atoms with Crippen LogP contribution >= 0.6 is 11.3 Å². The van der Waals surface area contributed by atoms with Crippen LogP contribution in [0.5, 0.6) is 0 Å². The minimum atomic E-state index is -4.37. The molecule has 0 aliphatic heterocycles. The van der Waals surface area contributed by atoms with Crippen molar-refractivity contribution >= 4 is 11.3 Å². The van der Waals surface area contributed by atoms with Crippen molar-refractivity contribution in [1.82, 2.24) is 15.0 Å². The SMILES string of the molecule is CCc1sccc1-n1cc(-c2cccc(C(F)(F)F)c2)nn1. The molecule has 0 atom stereocenters. The lowest BCUT2D eigenvalue weighted by Gasteiger charge is -2.07. The smallest absolute Gasteiger partial charge is 0.219 e. The van der Waals surface area contributed by atoms with E-state index in [0.717, 1.165) is 29.1 Å². The molecule has 0 saturated carbocycles. The number of alkyl halides is 3. The molecule has 1 aromatic carbocycles. The Labute approximate surface area is 129 Å². The maximum Gasteiger partial charge on any atom is 0.416 e. The van der Waals surface area contributed by atoms with Gasteiger partial charge in [0.1, 0.15) is 5.69 Å². The molecule has 0 aliphatic rings. The summed E-state index contributed by atoms with van der Waals surface area (Å²) in [6.45, 7) is 2.04. The third-order valence-electron chi connectivity index (χ3n) is 3.27. The Morgan fingerprint density at radius 2 is 2.05 bits per heavy atom. The Morgan fingerprint density at radius 3 is 2.77 bits per heavy atom.